The summed E-state index contributed by atoms with van der Waals surface area (Å²) >= 11 is 6.39. The Morgan fingerprint density at radius 3 is 2.86 bits per heavy atom. The predicted octanol–water partition coefficient (Wildman–Crippen LogP) is 0.0396. The van der Waals surface area contributed by atoms with E-state index in [2.05, 4.69) is 12.2 Å². The third kappa shape index (κ3) is 3.08. The third-order valence-electron chi connectivity index (χ3n) is 1.99. The molecule has 0 amide bonds. The highest BCUT2D eigenvalue weighted by atomic mass is 32.2. The first-order chi connectivity index (χ1) is 6.43. The fraction of sp³-hybridized carbons (Fsp3) is 0.857. The molecule has 0 aromatic heterocycles. The molecule has 1 atom stereocenters. The number of rotatable bonds is 3. The van der Waals surface area contributed by atoms with Crippen LogP contribution in [-0.4, -0.2) is 47.6 Å². The highest BCUT2D eigenvalue weighted by Crippen LogP contribution is 2.19. The third-order valence-corrected chi connectivity index (χ3v) is 5.44. The molecule has 2 N–H and O–H groups in total. The minimum Gasteiger partial charge on any atom is -0.392 e. The lowest BCUT2D eigenvalue weighted by Gasteiger charge is -2.31. The van der Waals surface area contributed by atoms with E-state index in [1.807, 2.05) is 6.92 Å². The maximum atomic E-state index is 11.8. The van der Waals surface area contributed by atoms with E-state index in [-0.39, 0.29) is 16.8 Å². The molecule has 1 aliphatic rings. The number of hydrogen-bond donors (Lipinski definition) is 1. The van der Waals surface area contributed by atoms with Crippen LogP contribution in [-0.2, 0) is 10.0 Å². The highest BCUT2D eigenvalue weighted by Gasteiger charge is 2.29. The Bertz CT molecular complexity index is 315. The van der Waals surface area contributed by atoms with Gasteiger partial charge < -0.3 is 5.73 Å². The highest BCUT2D eigenvalue weighted by molar-refractivity contribution is 7.99. The number of thioether (sulfide) groups is 1. The molecule has 0 aromatic rings. The summed E-state index contributed by atoms with van der Waals surface area (Å²) in [6, 6.07) is 0.0492. The number of sulfonamides is 1. The molecule has 14 heavy (non-hydrogen) atoms. The summed E-state index contributed by atoms with van der Waals surface area (Å²) in [7, 11) is -3.28. The van der Waals surface area contributed by atoms with Crippen LogP contribution in [0.15, 0.2) is 0 Å². The molecule has 82 valence electrons. The minimum absolute atomic E-state index is 0.0374. The normalized spacial score (nSPS) is 24.8. The summed E-state index contributed by atoms with van der Waals surface area (Å²) < 4.78 is 25.0. The largest absolute Gasteiger partial charge is 0.392 e. The Morgan fingerprint density at radius 2 is 2.36 bits per heavy atom. The molecule has 1 saturated heterocycles. The van der Waals surface area contributed by atoms with Gasteiger partial charge in [0.1, 0.15) is 5.75 Å². The van der Waals surface area contributed by atoms with E-state index in [9.17, 15) is 8.42 Å². The number of hydrogen-bond acceptors (Lipinski definition) is 4. The quantitative estimate of drug-likeness (QED) is 0.721. The van der Waals surface area contributed by atoms with Crippen molar-refractivity contribution in [2.75, 3.05) is 23.8 Å². The van der Waals surface area contributed by atoms with Crippen LogP contribution in [0, 0.1) is 0 Å². The van der Waals surface area contributed by atoms with Crippen molar-refractivity contribution < 1.29 is 8.42 Å². The number of nitrogens with two attached hydrogens (primary N) is 1. The van der Waals surface area contributed by atoms with Gasteiger partial charge >= 0.3 is 0 Å². The van der Waals surface area contributed by atoms with Crippen molar-refractivity contribution >= 4 is 39.0 Å². The molecule has 0 spiro atoms. The van der Waals surface area contributed by atoms with Crippen LogP contribution in [0.1, 0.15) is 6.92 Å². The Hall–Kier alpha value is 0.150. The van der Waals surface area contributed by atoms with Crippen LogP contribution in [0.25, 0.3) is 0 Å². The van der Waals surface area contributed by atoms with Crippen LogP contribution >= 0.6 is 24.0 Å². The molecule has 1 rings (SSSR count). The smallest absolute Gasteiger partial charge is 0.220 e. The molecule has 1 unspecified atom stereocenters. The topological polar surface area (TPSA) is 63.4 Å². The maximum absolute atomic E-state index is 11.8. The number of nitrogens with zero attached hydrogens (tertiary/aromatic N) is 1. The Morgan fingerprint density at radius 1 is 1.71 bits per heavy atom. The molecular formula is C7H14N2O2S3. The van der Waals surface area contributed by atoms with Gasteiger partial charge in [0.2, 0.25) is 10.0 Å². The molecule has 1 fully saturated rings. The average Bonchev–Trinajstić information content (AvgIpc) is 2.02. The van der Waals surface area contributed by atoms with Gasteiger partial charge in [-0.25, -0.2) is 8.42 Å². The summed E-state index contributed by atoms with van der Waals surface area (Å²) in [6.07, 6.45) is 0. The van der Waals surface area contributed by atoms with Gasteiger partial charge in [-0.2, -0.15) is 16.1 Å². The SMILES string of the molecule is CC1CSCCN1S(=O)(=O)CC(N)=S. The van der Waals surface area contributed by atoms with E-state index in [0.717, 1.165) is 11.5 Å². The van der Waals surface area contributed by atoms with E-state index in [1.165, 1.54) is 4.31 Å². The van der Waals surface area contributed by atoms with Crippen LogP contribution in [0.2, 0.25) is 0 Å². The van der Waals surface area contributed by atoms with Gasteiger partial charge in [0.15, 0.2) is 0 Å². The first kappa shape index (κ1) is 12.2. The summed E-state index contributed by atoms with van der Waals surface area (Å²) in [5.41, 5.74) is 5.25. The molecular weight excluding hydrogens is 240 g/mol. The summed E-state index contributed by atoms with van der Waals surface area (Å²) in [4.78, 5) is 0.0374. The second-order valence-corrected chi connectivity index (χ2v) is 6.85. The Labute approximate surface area is 94.3 Å². The van der Waals surface area contributed by atoms with Crippen LogP contribution in [0.4, 0.5) is 0 Å². The summed E-state index contributed by atoms with van der Waals surface area (Å²) in [5, 5.41) is 0. The number of thiocarbonyl (C=S) groups is 1. The zero-order valence-electron chi connectivity index (χ0n) is 7.97. The molecule has 7 heteroatoms. The predicted molar refractivity (Wildman–Crippen MR) is 64.1 cm³/mol. The van der Waals surface area contributed by atoms with Gasteiger partial charge in [-0.3, -0.25) is 0 Å². The van der Waals surface area contributed by atoms with Gasteiger partial charge in [0.05, 0.1) is 4.99 Å². The molecule has 0 bridgehead atoms. The van der Waals surface area contributed by atoms with E-state index in [4.69, 9.17) is 5.73 Å². The lowest BCUT2D eigenvalue weighted by molar-refractivity contribution is 0.369. The van der Waals surface area contributed by atoms with Gasteiger partial charge in [0, 0.05) is 24.1 Å². The molecule has 0 saturated carbocycles. The van der Waals surface area contributed by atoms with Crippen molar-refractivity contribution in [1.29, 1.82) is 0 Å². The van der Waals surface area contributed by atoms with E-state index in [1.54, 1.807) is 11.8 Å². The monoisotopic (exact) mass is 254 g/mol. The first-order valence-electron chi connectivity index (χ1n) is 4.29. The zero-order chi connectivity index (χ0) is 10.8. The summed E-state index contributed by atoms with van der Waals surface area (Å²) in [6.45, 7) is 2.47. The van der Waals surface area contributed by atoms with E-state index >= 15 is 0 Å². The minimum atomic E-state index is -3.28. The second kappa shape index (κ2) is 4.78. The average molecular weight is 254 g/mol. The lowest BCUT2D eigenvalue weighted by Crippen LogP contribution is -2.46. The van der Waals surface area contributed by atoms with Crippen molar-refractivity contribution in [2.45, 2.75) is 13.0 Å². The zero-order valence-corrected chi connectivity index (χ0v) is 10.4. The van der Waals surface area contributed by atoms with Crippen molar-refractivity contribution in [1.82, 2.24) is 4.31 Å². The Balaban J connectivity index is 2.75. The van der Waals surface area contributed by atoms with Crippen molar-refractivity contribution in [2.24, 2.45) is 5.73 Å². The van der Waals surface area contributed by atoms with Crippen molar-refractivity contribution in [3.05, 3.63) is 0 Å². The second-order valence-electron chi connectivity index (χ2n) is 3.26. The summed E-state index contributed by atoms with van der Waals surface area (Å²) in [5.74, 6) is 1.48. The molecule has 1 aliphatic heterocycles. The van der Waals surface area contributed by atoms with Gasteiger partial charge in [-0.05, 0) is 6.92 Å². The van der Waals surface area contributed by atoms with Gasteiger partial charge in [-0.1, -0.05) is 12.2 Å². The molecule has 4 nitrogen and oxygen atoms in total. The Kier molecular flexibility index (Phi) is 4.17. The van der Waals surface area contributed by atoms with Crippen molar-refractivity contribution in [3.63, 3.8) is 0 Å². The molecule has 0 aromatic carbocycles. The van der Waals surface area contributed by atoms with Gasteiger partial charge in [0.25, 0.3) is 0 Å². The standard InChI is InChI=1S/C7H14N2O2S3/c1-6-4-13-3-2-9(6)14(10,11)5-7(8)12/h6H,2-5H2,1H3,(H2,8,12). The van der Waals surface area contributed by atoms with Crippen LogP contribution in [0.3, 0.4) is 0 Å². The van der Waals surface area contributed by atoms with Crippen LogP contribution < -0.4 is 5.73 Å². The van der Waals surface area contributed by atoms with E-state index in [0.29, 0.717) is 6.54 Å². The molecule has 0 aliphatic carbocycles. The lowest BCUT2D eigenvalue weighted by atomic mass is 10.4. The molecule has 0 radical (unpaired) electrons. The van der Waals surface area contributed by atoms with Gasteiger partial charge in [-0.15, -0.1) is 0 Å². The fourth-order valence-electron chi connectivity index (χ4n) is 1.39. The first-order valence-corrected chi connectivity index (χ1v) is 7.46. The van der Waals surface area contributed by atoms with Crippen LogP contribution in [0.5, 0.6) is 0 Å². The fourth-order valence-corrected chi connectivity index (χ4v) is 4.58. The van der Waals surface area contributed by atoms with Crippen molar-refractivity contribution in [3.8, 4) is 0 Å². The maximum Gasteiger partial charge on any atom is 0.220 e. The van der Waals surface area contributed by atoms with E-state index < -0.39 is 10.0 Å². The molecule has 1 heterocycles.